The van der Waals surface area contributed by atoms with E-state index in [-0.39, 0.29) is 12.6 Å². The van der Waals surface area contributed by atoms with Gasteiger partial charge in [0.1, 0.15) is 12.4 Å². The largest absolute Gasteiger partial charge is 0.491 e. The molecule has 0 aliphatic heterocycles. The van der Waals surface area contributed by atoms with Gasteiger partial charge in [-0.15, -0.1) is 0 Å². The van der Waals surface area contributed by atoms with Gasteiger partial charge in [-0.1, -0.05) is 15.9 Å². The fourth-order valence-corrected chi connectivity index (χ4v) is 1.60. The van der Waals surface area contributed by atoms with Crippen LogP contribution in [0.5, 0.6) is 5.75 Å². The molecule has 2 atom stereocenters. The van der Waals surface area contributed by atoms with Crippen LogP contribution in [0.2, 0.25) is 0 Å². The average Bonchev–Trinajstić information content (AvgIpc) is 2.15. The molecule has 0 spiro atoms. The fraction of sp³-hybridized carbons (Fsp3) is 0.455. The van der Waals surface area contributed by atoms with Crippen molar-refractivity contribution >= 4 is 15.9 Å². The van der Waals surface area contributed by atoms with E-state index in [2.05, 4.69) is 15.9 Å². The molecule has 0 bridgehead atoms. The Morgan fingerprint density at radius 2 is 2.13 bits per heavy atom. The molecular formula is C11H16BrNO2. The van der Waals surface area contributed by atoms with Crippen molar-refractivity contribution < 1.29 is 9.84 Å². The van der Waals surface area contributed by atoms with Crippen LogP contribution in [0.1, 0.15) is 25.5 Å². The molecule has 0 amide bonds. The van der Waals surface area contributed by atoms with Crippen molar-refractivity contribution in [3.05, 3.63) is 28.2 Å². The number of aliphatic hydroxyl groups is 1. The average molecular weight is 274 g/mol. The summed E-state index contributed by atoms with van der Waals surface area (Å²) in [6, 6.07) is 5.59. The summed E-state index contributed by atoms with van der Waals surface area (Å²) in [5, 5.41) is 9.13. The molecule has 0 heterocycles. The topological polar surface area (TPSA) is 55.5 Å². The molecule has 0 aliphatic carbocycles. The van der Waals surface area contributed by atoms with Gasteiger partial charge < -0.3 is 15.6 Å². The van der Waals surface area contributed by atoms with E-state index in [1.165, 1.54) is 0 Å². The van der Waals surface area contributed by atoms with Crippen molar-refractivity contribution in [3.8, 4) is 5.75 Å². The van der Waals surface area contributed by atoms with Crippen LogP contribution >= 0.6 is 15.9 Å². The number of aliphatic hydroxyl groups excluding tert-OH is 1. The maximum Gasteiger partial charge on any atom is 0.124 e. The predicted octanol–water partition coefficient (Wildman–Crippen LogP) is 2.23. The van der Waals surface area contributed by atoms with Crippen LogP contribution in [0.4, 0.5) is 0 Å². The standard InChI is InChI=1S/C11H16BrNO2/c1-7(14)6-15-11-4-3-9(12)5-10(11)8(2)13/h3-5,7-8,14H,6,13H2,1-2H3/t7?,8-/m0/s1. The zero-order valence-electron chi connectivity index (χ0n) is 8.90. The first-order valence-electron chi connectivity index (χ1n) is 4.86. The maximum absolute atomic E-state index is 9.13. The zero-order chi connectivity index (χ0) is 11.4. The second-order valence-electron chi connectivity index (χ2n) is 3.63. The normalized spacial score (nSPS) is 14.7. The molecule has 0 aromatic heterocycles. The number of ether oxygens (including phenoxy) is 1. The highest BCUT2D eigenvalue weighted by Gasteiger charge is 2.09. The lowest BCUT2D eigenvalue weighted by Crippen LogP contribution is -2.15. The second kappa shape index (κ2) is 5.49. The molecule has 15 heavy (non-hydrogen) atoms. The molecule has 3 N–H and O–H groups in total. The van der Waals surface area contributed by atoms with Crippen molar-refractivity contribution in [2.24, 2.45) is 5.73 Å². The smallest absolute Gasteiger partial charge is 0.124 e. The number of hydrogen-bond donors (Lipinski definition) is 2. The molecule has 0 radical (unpaired) electrons. The van der Waals surface area contributed by atoms with Gasteiger partial charge in [-0.3, -0.25) is 0 Å². The molecular weight excluding hydrogens is 258 g/mol. The SMILES string of the molecule is CC(O)COc1ccc(Br)cc1[C@H](C)N. The van der Waals surface area contributed by atoms with Gasteiger partial charge in [0.2, 0.25) is 0 Å². The monoisotopic (exact) mass is 273 g/mol. The van der Waals surface area contributed by atoms with Crippen LogP contribution in [-0.4, -0.2) is 17.8 Å². The van der Waals surface area contributed by atoms with E-state index in [9.17, 15) is 0 Å². The summed E-state index contributed by atoms with van der Waals surface area (Å²) >= 11 is 3.38. The zero-order valence-corrected chi connectivity index (χ0v) is 10.5. The molecule has 0 saturated heterocycles. The molecule has 84 valence electrons. The number of rotatable bonds is 4. The molecule has 1 aromatic carbocycles. The lowest BCUT2D eigenvalue weighted by atomic mass is 10.1. The minimum Gasteiger partial charge on any atom is -0.491 e. The van der Waals surface area contributed by atoms with Gasteiger partial charge in [-0.05, 0) is 32.0 Å². The van der Waals surface area contributed by atoms with E-state index in [0.717, 1.165) is 15.8 Å². The van der Waals surface area contributed by atoms with E-state index in [1.54, 1.807) is 6.92 Å². The predicted molar refractivity (Wildman–Crippen MR) is 63.9 cm³/mol. The highest BCUT2D eigenvalue weighted by atomic mass is 79.9. The van der Waals surface area contributed by atoms with Gasteiger partial charge in [0.15, 0.2) is 0 Å². The Labute approximate surface area is 98.4 Å². The summed E-state index contributed by atoms with van der Waals surface area (Å²) in [4.78, 5) is 0. The summed E-state index contributed by atoms with van der Waals surface area (Å²) < 4.78 is 6.44. The maximum atomic E-state index is 9.13. The van der Waals surface area contributed by atoms with E-state index >= 15 is 0 Å². The molecule has 1 unspecified atom stereocenters. The van der Waals surface area contributed by atoms with Gasteiger partial charge in [0, 0.05) is 16.1 Å². The van der Waals surface area contributed by atoms with E-state index < -0.39 is 6.10 Å². The van der Waals surface area contributed by atoms with Gasteiger partial charge in [0.05, 0.1) is 6.10 Å². The second-order valence-corrected chi connectivity index (χ2v) is 4.55. The van der Waals surface area contributed by atoms with E-state index in [0.29, 0.717) is 0 Å². The Morgan fingerprint density at radius 3 is 2.67 bits per heavy atom. The number of benzene rings is 1. The van der Waals surface area contributed by atoms with E-state index in [4.69, 9.17) is 15.6 Å². The minimum atomic E-state index is -0.477. The first-order chi connectivity index (χ1) is 7.00. The van der Waals surface area contributed by atoms with Gasteiger partial charge in [-0.2, -0.15) is 0 Å². The van der Waals surface area contributed by atoms with Crippen molar-refractivity contribution in [1.29, 1.82) is 0 Å². The third-order valence-corrected chi connectivity index (χ3v) is 2.44. The van der Waals surface area contributed by atoms with Crippen LogP contribution in [-0.2, 0) is 0 Å². The minimum absolute atomic E-state index is 0.0912. The number of hydrogen-bond acceptors (Lipinski definition) is 3. The number of halogens is 1. The first kappa shape index (κ1) is 12.5. The Hall–Kier alpha value is -0.580. The Morgan fingerprint density at radius 1 is 1.47 bits per heavy atom. The third kappa shape index (κ3) is 3.81. The molecule has 4 heteroatoms. The van der Waals surface area contributed by atoms with Crippen LogP contribution in [0.3, 0.4) is 0 Å². The number of nitrogens with two attached hydrogens (primary N) is 1. The highest BCUT2D eigenvalue weighted by Crippen LogP contribution is 2.27. The molecule has 0 saturated carbocycles. The molecule has 1 rings (SSSR count). The van der Waals surface area contributed by atoms with E-state index in [1.807, 2.05) is 25.1 Å². The van der Waals surface area contributed by atoms with Crippen molar-refractivity contribution in [1.82, 2.24) is 0 Å². The fourth-order valence-electron chi connectivity index (χ4n) is 1.22. The summed E-state index contributed by atoms with van der Waals surface area (Å²) in [6.07, 6.45) is -0.477. The Bertz CT molecular complexity index is 326. The summed E-state index contributed by atoms with van der Waals surface area (Å²) in [6.45, 7) is 3.86. The lowest BCUT2D eigenvalue weighted by molar-refractivity contribution is 0.122. The Kier molecular flexibility index (Phi) is 4.57. The van der Waals surface area contributed by atoms with Crippen LogP contribution in [0.15, 0.2) is 22.7 Å². The Balaban J connectivity index is 2.86. The summed E-state index contributed by atoms with van der Waals surface area (Å²) in [7, 11) is 0. The van der Waals surface area contributed by atoms with Gasteiger partial charge in [0.25, 0.3) is 0 Å². The van der Waals surface area contributed by atoms with Gasteiger partial charge in [-0.25, -0.2) is 0 Å². The van der Waals surface area contributed by atoms with Crippen molar-refractivity contribution in [2.45, 2.75) is 26.0 Å². The molecule has 1 aromatic rings. The van der Waals surface area contributed by atoms with Crippen LogP contribution < -0.4 is 10.5 Å². The van der Waals surface area contributed by atoms with Crippen molar-refractivity contribution in [3.63, 3.8) is 0 Å². The molecule has 0 fully saturated rings. The quantitative estimate of drug-likeness (QED) is 0.885. The summed E-state index contributed by atoms with van der Waals surface area (Å²) in [5.41, 5.74) is 6.76. The van der Waals surface area contributed by atoms with Crippen LogP contribution in [0, 0.1) is 0 Å². The third-order valence-electron chi connectivity index (χ3n) is 1.94. The van der Waals surface area contributed by atoms with Crippen molar-refractivity contribution in [2.75, 3.05) is 6.61 Å². The molecule has 3 nitrogen and oxygen atoms in total. The van der Waals surface area contributed by atoms with Gasteiger partial charge >= 0.3 is 0 Å². The highest BCUT2D eigenvalue weighted by molar-refractivity contribution is 9.10. The molecule has 0 aliphatic rings. The first-order valence-corrected chi connectivity index (χ1v) is 5.66. The summed E-state index contributed by atoms with van der Waals surface area (Å²) in [5.74, 6) is 0.731. The van der Waals surface area contributed by atoms with Crippen LogP contribution in [0.25, 0.3) is 0 Å². The lowest BCUT2D eigenvalue weighted by Gasteiger charge is -2.15.